The summed E-state index contributed by atoms with van der Waals surface area (Å²) in [6, 6.07) is 0. The SMILES string of the molecule is [2H]C(OC(=O)CCCCCCCCCCCCCCCCC)[C@H](COP(=O)(O)O[C@H](CO)[C@@H](O)[C@H](O)CO)OC(=O)CCCCCCCCCCCCC. The largest absolute Gasteiger partial charge is 0.472 e. The molecule has 0 heterocycles. The highest BCUT2D eigenvalue weighted by Gasteiger charge is 2.35. The second-order valence-electron chi connectivity index (χ2n) is 14.5. The summed E-state index contributed by atoms with van der Waals surface area (Å²) in [6.07, 6.45) is 22.9. The number of aliphatic hydroxyl groups is 4. The first kappa shape index (κ1) is 49.9. The molecule has 0 aliphatic carbocycles. The van der Waals surface area contributed by atoms with Gasteiger partial charge in [0.25, 0.3) is 0 Å². The lowest BCUT2D eigenvalue weighted by atomic mass is 10.0. The van der Waals surface area contributed by atoms with Crippen molar-refractivity contribution in [2.75, 3.05) is 26.4 Å². The maximum Gasteiger partial charge on any atom is 0.472 e. The zero-order valence-corrected chi connectivity index (χ0v) is 34.2. The van der Waals surface area contributed by atoms with Crippen LogP contribution in [0, 0.1) is 0 Å². The Bertz CT molecular complexity index is 929. The van der Waals surface area contributed by atoms with E-state index in [2.05, 4.69) is 13.8 Å². The van der Waals surface area contributed by atoms with Crippen LogP contribution in [0.2, 0.25) is 0 Å². The standard InChI is InChI=1S/C40H79O12P/c1-3-5-7-9-11-13-15-16-17-18-20-21-23-25-27-29-38(44)49-33-35(34-50-53(47,48)52-37(32-42)40(46)36(43)31-41)51-39(45)30-28-26-24-22-19-14-12-10-8-6-4-2/h35-37,40-43,46H,3-34H2,1-2H3,(H,47,48)/t35-,36-,37-,40+/m1/s1/i33D/t33?,35-,36-,37-,40+. The van der Waals surface area contributed by atoms with Gasteiger partial charge in [0.15, 0.2) is 6.10 Å². The highest BCUT2D eigenvalue weighted by molar-refractivity contribution is 7.47. The van der Waals surface area contributed by atoms with Gasteiger partial charge in [-0.2, -0.15) is 0 Å². The molecule has 0 saturated heterocycles. The number of unbranched alkanes of at least 4 members (excludes halogenated alkanes) is 24. The molecule has 5 N–H and O–H groups in total. The van der Waals surface area contributed by atoms with Crippen LogP contribution in [0.5, 0.6) is 0 Å². The number of carbonyl (C=O) groups is 2. The van der Waals surface area contributed by atoms with Gasteiger partial charge in [0, 0.05) is 12.8 Å². The number of esters is 2. The van der Waals surface area contributed by atoms with Crippen LogP contribution >= 0.6 is 7.82 Å². The molecule has 0 radical (unpaired) electrons. The van der Waals surface area contributed by atoms with Gasteiger partial charge in [-0.3, -0.25) is 18.6 Å². The fraction of sp³-hybridized carbons (Fsp3) is 0.950. The van der Waals surface area contributed by atoms with E-state index in [1.54, 1.807) is 0 Å². The van der Waals surface area contributed by atoms with Crippen LogP contribution in [0.3, 0.4) is 0 Å². The molecule has 2 unspecified atom stereocenters. The Morgan fingerprint density at radius 2 is 0.981 bits per heavy atom. The molecule has 13 heteroatoms. The van der Waals surface area contributed by atoms with E-state index in [-0.39, 0.29) is 12.8 Å². The van der Waals surface area contributed by atoms with Gasteiger partial charge in [0.1, 0.15) is 24.9 Å². The molecule has 0 saturated carbocycles. The van der Waals surface area contributed by atoms with Crippen LogP contribution in [-0.2, 0) is 32.7 Å². The summed E-state index contributed by atoms with van der Waals surface area (Å²) in [5.41, 5.74) is 0. The first-order chi connectivity index (χ1) is 26.0. The minimum Gasteiger partial charge on any atom is -0.462 e. The summed E-state index contributed by atoms with van der Waals surface area (Å²) in [5, 5.41) is 38.1. The van der Waals surface area contributed by atoms with E-state index in [9.17, 15) is 34.4 Å². The Hall–Kier alpha value is -1.11. The molecule has 316 valence electrons. The molecule has 0 spiro atoms. The van der Waals surface area contributed by atoms with Crippen molar-refractivity contribution >= 4 is 19.8 Å². The number of hydrogen-bond donors (Lipinski definition) is 5. The fourth-order valence-electron chi connectivity index (χ4n) is 6.04. The summed E-state index contributed by atoms with van der Waals surface area (Å²) >= 11 is 0. The second kappa shape index (κ2) is 36.5. The number of carbonyl (C=O) groups excluding carboxylic acids is 2. The van der Waals surface area contributed by atoms with E-state index in [4.69, 9.17) is 25.0 Å². The summed E-state index contributed by atoms with van der Waals surface area (Å²) in [7, 11) is -5.06. The monoisotopic (exact) mass is 784 g/mol. The Morgan fingerprint density at radius 3 is 1.36 bits per heavy atom. The normalized spacial score (nSPS) is 15.9. The Labute approximate surface area is 323 Å². The molecule has 53 heavy (non-hydrogen) atoms. The van der Waals surface area contributed by atoms with E-state index in [0.717, 1.165) is 44.9 Å². The third kappa shape index (κ3) is 32.8. The van der Waals surface area contributed by atoms with E-state index < -0.39 is 70.6 Å². The first-order valence-electron chi connectivity index (χ1n) is 21.6. The summed E-state index contributed by atoms with van der Waals surface area (Å²) in [6.45, 7) is -0.0876. The smallest absolute Gasteiger partial charge is 0.462 e. The third-order valence-electron chi connectivity index (χ3n) is 9.42. The third-order valence-corrected chi connectivity index (χ3v) is 10.4. The van der Waals surface area contributed by atoms with Crippen molar-refractivity contribution in [3.63, 3.8) is 0 Å². The van der Waals surface area contributed by atoms with Crippen molar-refractivity contribution in [3.8, 4) is 0 Å². The van der Waals surface area contributed by atoms with Gasteiger partial charge in [-0.15, -0.1) is 0 Å². The molecule has 12 nitrogen and oxygen atoms in total. The zero-order chi connectivity index (χ0) is 40.3. The van der Waals surface area contributed by atoms with E-state index in [0.29, 0.717) is 12.8 Å². The number of rotatable bonds is 40. The number of ether oxygens (including phenoxy) is 2. The summed E-state index contributed by atoms with van der Waals surface area (Å²) in [4.78, 5) is 35.5. The number of aliphatic hydroxyl groups excluding tert-OH is 4. The Balaban J connectivity index is 4.73. The molecule has 0 aromatic heterocycles. The van der Waals surface area contributed by atoms with Crippen molar-refractivity contribution in [2.45, 2.75) is 218 Å². The zero-order valence-electron chi connectivity index (χ0n) is 34.3. The maximum atomic E-state index is 12.7. The highest BCUT2D eigenvalue weighted by Crippen LogP contribution is 2.45. The average molecular weight is 784 g/mol. The number of phosphoric acid groups is 1. The van der Waals surface area contributed by atoms with Crippen LogP contribution in [-0.4, -0.2) is 88.1 Å². The van der Waals surface area contributed by atoms with Crippen LogP contribution in [0.15, 0.2) is 0 Å². The van der Waals surface area contributed by atoms with Crippen LogP contribution < -0.4 is 0 Å². The number of hydrogen-bond acceptors (Lipinski definition) is 11. The van der Waals surface area contributed by atoms with Gasteiger partial charge in [0.2, 0.25) is 0 Å². The van der Waals surface area contributed by atoms with Crippen LogP contribution in [0.4, 0.5) is 0 Å². The van der Waals surface area contributed by atoms with Gasteiger partial charge in [-0.25, -0.2) is 4.57 Å². The molecule has 0 amide bonds. The minimum atomic E-state index is -5.06. The van der Waals surface area contributed by atoms with E-state index in [1.807, 2.05) is 0 Å². The molecule has 0 aliphatic rings. The molecule has 0 aromatic rings. The Kier molecular flexibility index (Phi) is 34.4. The highest BCUT2D eigenvalue weighted by atomic mass is 31.2. The van der Waals surface area contributed by atoms with Crippen LogP contribution in [0.25, 0.3) is 0 Å². The topological polar surface area (TPSA) is 189 Å². The van der Waals surface area contributed by atoms with Gasteiger partial charge in [-0.1, -0.05) is 168 Å². The molecule has 0 rings (SSSR count). The van der Waals surface area contributed by atoms with E-state index in [1.165, 1.54) is 109 Å². The molecule has 0 bridgehead atoms. The molecule has 0 aromatic carbocycles. The lowest BCUT2D eigenvalue weighted by molar-refractivity contribution is -0.161. The summed E-state index contributed by atoms with van der Waals surface area (Å²) < 4.78 is 41.3. The van der Waals surface area contributed by atoms with Gasteiger partial charge < -0.3 is 34.8 Å². The maximum absolute atomic E-state index is 12.7. The predicted molar refractivity (Wildman–Crippen MR) is 208 cm³/mol. The lowest BCUT2D eigenvalue weighted by Gasteiger charge is -2.26. The molecular weight excluding hydrogens is 703 g/mol. The average Bonchev–Trinajstić information content (AvgIpc) is 3.15. The van der Waals surface area contributed by atoms with Crippen LogP contribution in [0.1, 0.15) is 195 Å². The molecular formula is C40H79O12P. The van der Waals surface area contributed by atoms with E-state index >= 15 is 0 Å². The van der Waals surface area contributed by atoms with Crippen molar-refractivity contribution in [1.29, 1.82) is 0 Å². The lowest BCUT2D eigenvalue weighted by Crippen LogP contribution is -2.42. The second-order valence-corrected chi connectivity index (χ2v) is 15.9. The van der Waals surface area contributed by atoms with Crippen molar-refractivity contribution in [2.24, 2.45) is 0 Å². The van der Waals surface area contributed by atoms with Crippen molar-refractivity contribution in [3.05, 3.63) is 0 Å². The predicted octanol–water partition coefficient (Wildman–Crippen LogP) is 8.61. The first-order valence-corrected chi connectivity index (χ1v) is 22.6. The number of phosphoric ester groups is 1. The van der Waals surface area contributed by atoms with Gasteiger partial charge in [0.05, 0.1) is 21.2 Å². The fourth-order valence-corrected chi connectivity index (χ4v) is 6.97. The Morgan fingerprint density at radius 1 is 0.604 bits per heavy atom. The molecule has 0 fully saturated rings. The van der Waals surface area contributed by atoms with Gasteiger partial charge >= 0.3 is 19.8 Å². The van der Waals surface area contributed by atoms with Gasteiger partial charge in [-0.05, 0) is 12.8 Å². The molecule has 0 aliphatic heterocycles. The summed E-state index contributed by atoms with van der Waals surface area (Å²) in [5.74, 6) is -1.35. The minimum absolute atomic E-state index is 0.0401. The van der Waals surface area contributed by atoms with Crippen molar-refractivity contribution < 1.29 is 59.4 Å². The molecule has 6 atom stereocenters. The quantitative estimate of drug-likeness (QED) is 0.0226. The van der Waals surface area contributed by atoms with Crippen molar-refractivity contribution in [1.82, 2.24) is 0 Å².